The van der Waals surface area contributed by atoms with E-state index < -0.39 is 21.4 Å². The van der Waals surface area contributed by atoms with Gasteiger partial charge < -0.3 is 0 Å². The molecule has 1 aromatic rings. The van der Waals surface area contributed by atoms with Crippen molar-refractivity contribution in [1.29, 1.82) is 5.26 Å². The van der Waals surface area contributed by atoms with Crippen LogP contribution in [0.25, 0.3) is 0 Å². The molecule has 0 aliphatic heterocycles. The Balaban J connectivity index is 2.94. The smallest absolute Gasteiger partial charge is 0.268 e. The number of rotatable bonds is 2. The average Bonchev–Trinajstić information content (AvgIpc) is 2.27. The van der Waals surface area contributed by atoms with Gasteiger partial charge in [0.1, 0.15) is 0 Å². The number of nitriles is 1. The van der Waals surface area contributed by atoms with E-state index in [1.165, 1.54) is 12.1 Å². The van der Waals surface area contributed by atoms with Crippen molar-refractivity contribution in [2.24, 2.45) is 0 Å². The molecule has 1 N–H and O–H groups in total. The summed E-state index contributed by atoms with van der Waals surface area (Å²) in [5.74, 6) is -1.42. The van der Waals surface area contributed by atoms with Crippen molar-refractivity contribution >= 4 is 15.9 Å². The van der Waals surface area contributed by atoms with Crippen molar-refractivity contribution in [1.82, 2.24) is 4.72 Å². The second-order valence-corrected chi connectivity index (χ2v) is 4.74. The number of benzene rings is 1. The summed E-state index contributed by atoms with van der Waals surface area (Å²) in [6, 6.07) is 6.17. The zero-order chi connectivity index (χ0) is 14.0. The molecule has 0 atom stereocenters. The maximum Gasteiger partial charge on any atom is 0.516 e. The lowest BCUT2D eigenvalue weighted by atomic mass is 10.1. The van der Waals surface area contributed by atoms with E-state index in [-0.39, 0.29) is 11.1 Å². The van der Waals surface area contributed by atoms with Gasteiger partial charge >= 0.3 is 15.5 Å². The van der Waals surface area contributed by atoms with Crippen LogP contribution < -0.4 is 4.72 Å². The van der Waals surface area contributed by atoms with Gasteiger partial charge in [-0.2, -0.15) is 26.9 Å². The first kappa shape index (κ1) is 14.0. The number of hydrogen-bond donors (Lipinski definition) is 1. The Morgan fingerprint density at radius 3 is 2.11 bits per heavy atom. The highest BCUT2D eigenvalue weighted by Crippen LogP contribution is 2.21. The maximum atomic E-state index is 12.0. The topological polar surface area (TPSA) is 87.0 Å². The van der Waals surface area contributed by atoms with Gasteiger partial charge in [-0.05, 0) is 24.3 Å². The maximum absolute atomic E-state index is 12.0. The molecule has 0 aromatic heterocycles. The van der Waals surface area contributed by atoms with Crippen molar-refractivity contribution < 1.29 is 26.4 Å². The van der Waals surface area contributed by atoms with Crippen molar-refractivity contribution in [2.45, 2.75) is 5.51 Å². The summed E-state index contributed by atoms with van der Waals surface area (Å²) in [5, 5.41) is 8.47. The SMILES string of the molecule is N#Cc1ccc(C(=O)NS(=O)(=O)C(F)(F)F)cc1. The van der Waals surface area contributed by atoms with Crippen LogP contribution in [0.5, 0.6) is 0 Å². The lowest BCUT2D eigenvalue weighted by Gasteiger charge is -2.09. The molecule has 9 heteroatoms. The normalized spacial score (nSPS) is 11.7. The standard InChI is InChI=1S/C9H5F3N2O3S/c10-9(11,12)18(16,17)14-8(15)7-3-1-6(5-13)2-4-7/h1-4H,(H,14,15). The van der Waals surface area contributed by atoms with E-state index in [1.54, 1.807) is 6.07 Å². The van der Waals surface area contributed by atoms with Crippen LogP contribution in [-0.2, 0) is 10.0 Å². The Labute approximate surface area is 99.9 Å². The molecule has 18 heavy (non-hydrogen) atoms. The third-order valence-electron chi connectivity index (χ3n) is 1.81. The Hall–Kier alpha value is -2.08. The third kappa shape index (κ3) is 2.98. The van der Waals surface area contributed by atoms with Crippen LogP contribution in [0, 0.1) is 11.3 Å². The highest BCUT2D eigenvalue weighted by Gasteiger charge is 2.47. The largest absolute Gasteiger partial charge is 0.516 e. The van der Waals surface area contributed by atoms with Crippen LogP contribution in [0.1, 0.15) is 15.9 Å². The molecular formula is C9H5F3N2O3S. The molecule has 5 nitrogen and oxygen atoms in total. The molecule has 0 radical (unpaired) electrons. The fraction of sp³-hybridized carbons (Fsp3) is 0.111. The van der Waals surface area contributed by atoms with E-state index in [0.29, 0.717) is 0 Å². The number of carbonyl (C=O) groups is 1. The molecular weight excluding hydrogens is 273 g/mol. The van der Waals surface area contributed by atoms with Gasteiger partial charge in [-0.15, -0.1) is 0 Å². The average molecular weight is 278 g/mol. The van der Waals surface area contributed by atoms with Crippen LogP contribution >= 0.6 is 0 Å². The summed E-state index contributed by atoms with van der Waals surface area (Å²) >= 11 is 0. The van der Waals surface area contributed by atoms with E-state index >= 15 is 0 Å². The molecule has 0 spiro atoms. The molecule has 0 heterocycles. The molecule has 0 fully saturated rings. The zero-order valence-electron chi connectivity index (χ0n) is 8.52. The number of carbonyl (C=O) groups excluding carboxylic acids is 1. The van der Waals surface area contributed by atoms with Gasteiger partial charge in [0.05, 0.1) is 11.6 Å². The third-order valence-corrected chi connectivity index (χ3v) is 2.87. The molecule has 0 aliphatic carbocycles. The quantitative estimate of drug-likeness (QED) is 0.878. The first-order valence-corrected chi connectivity index (χ1v) is 5.79. The predicted molar refractivity (Wildman–Crippen MR) is 53.6 cm³/mol. The lowest BCUT2D eigenvalue weighted by Crippen LogP contribution is -2.40. The lowest BCUT2D eigenvalue weighted by molar-refractivity contribution is -0.0446. The number of alkyl halides is 3. The minimum atomic E-state index is -5.73. The molecule has 0 bridgehead atoms. The molecule has 1 aromatic carbocycles. The van der Waals surface area contributed by atoms with Gasteiger partial charge in [-0.25, -0.2) is 4.72 Å². The summed E-state index contributed by atoms with van der Waals surface area (Å²) in [4.78, 5) is 11.2. The highest BCUT2D eigenvalue weighted by atomic mass is 32.2. The van der Waals surface area contributed by atoms with Gasteiger partial charge in [0.25, 0.3) is 5.91 Å². The first-order chi connectivity index (χ1) is 8.17. The van der Waals surface area contributed by atoms with E-state index in [9.17, 15) is 26.4 Å². The summed E-state index contributed by atoms with van der Waals surface area (Å²) in [6.45, 7) is 0. The van der Waals surface area contributed by atoms with Crippen molar-refractivity contribution in [3.05, 3.63) is 35.4 Å². The van der Waals surface area contributed by atoms with Crippen LogP contribution in [0.3, 0.4) is 0 Å². The number of sulfonamides is 1. The molecule has 0 aliphatic rings. The van der Waals surface area contributed by atoms with Gasteiger partial charge in [-0.1, -0.05) is 0 Å². The van der Waals surface area contributed by atoms with Crippen LogP contribution in [0.15, 0.2) is 24.3 Å². The van der Waals surface area contributed by atoms with Gasteiger partial charge in [0.2, 0.25) is 0 Å². The minimum Gasteiger partial charge on any atom is -0.268 e. The van der Waals surface area contributed by atoms with Crippen molar-refractivity contribution in [3.8, 4) is 6.07 Å². The molecule has 0 saturated carbocycles. The molecule has 1 rings (SSSR count). The van der Waals surface area contributed by atoms with Crippen LogP contribution in [0.4, 0.5) is 13.2 Å². The monoisotopic (exact) mass is 278 g/mol. The molecule has 0 unspecified atom stereocenters. The fourth-order valence-corrected chi connectivity index (χ4v) is 1.41. The van der Waals surface area contributed by atoms with Crippen LogP contribution in [0.2, 0.25) is 0 Å². The number of nitrogens with one attached hydrogen (secondary N) is 1. The first-order valence-electron chi connectivity index (χ1n) is 4.31. The van der Waals surface area contributed by atoms with E-state index in [2.05, 4.69) is 0 Å². The highest BCUT2D eigenvalue weighted by molar-refractivity contribution is 7.90. The fourth-order valence-electron chi connectivity index (χ4n) is 0.935. The van der Waals surface area contributed by atoms with Crippen molar-refractivity contribution in [2.75, 3.05) is 0 Å². The van der Waals surface area contributed by atoms with Gasteiger partial charge in [0.15, 0.2) is 0 Å². The summed E-state index contributed by atoms with van der Waals surface area (Å²) in [5.41, 5.74) is -5.68. The Bertz CT molecular complexity index is 599. The molecule has 1 amide bonds. The Morgan fingerprint density at radius 1 is 1.22 bits per heavy atom. The van der Waals surface area contributed by atoms with Crippen LogP contribution in [-0.4, -0.2) is 19.8 Å². The number of halogens is 3. The number of hydrogen-bond acceptors (Lipinski definition) is 4. The Morgan fingerprint density at radius 2 is 1.72 bits per heavy atom. The zero-order valence-corrected chi connectivity index (χ0v) is 9.34. The van der Waals surface area contributed by atoms with E-state index in [4.69, 9.17) is 5.26 Å². The van der Waals surface area contributed by atoms with Gasteiger partial charge in [0, 0.05) is 5.56 Å². The molecule has 0 saturated heterocycles. The summed E-state index contributed by atoms with van der Waals surface area (Å²) < 4.78 is 58.1. The second-order valence-electron chi connectivity index (χ2n) is 3.07. The Kier molecular flexibility index (Phi) is 3.62. The summed E-state index contributed by atoms with van der Waals surface area (Å²) in [7, 11) is -5.73. The predicted octanol–water partition coefficient (Wildman–Crippen LogP) is 1.14. The minimum absolute atomic E-state index is 0.185. The van der Waals surface area contributed by atoms with E-state index in [1.807, 2.05) is 0 Å². The van der Waals surface area contributed by atoms with Crippen molar-refractivity contribution in [3.63, 3.8) is 0 Å². The second kappa shape index (κ2) is 4.66. The molecule has 96 valence electrons. The van der Waals surface area contributed by atoms with Gasteiger partial charge in [-0.3, -0.25) is 4.79 Å². The number of amides is 1. The van der Waals surface area contributed by atoms with E-state index in [0.717, 1.165) is 16.9 Å². The number of nitrogens with zero attached hydrogens (tertiary/aromatic N) is 1. The summed E-state index contributed by atoms with van der Waals surface area (Å²) in [6.07, 6.45) is 0.